The number of carbonyl (C=O) groups excluding carboxylic acids is 1. The Morgan fingerprint density at radius 2 is 1.91 bits per heavy atom. The van der Waals surface area contributed by atoms with Crippen LogP contribution in [0.3, 0.4) is 0 Å². The third-order valence-electron chi connectivity index (χ3n) is 10.6. The number of benzene rings is 1. The van der Waals surface area contributed by atoms with Gasteiger partial charge in [0.15, 0.2) is 0 Å². The van der Waals surface area contributed by atoms with Gasteiger partial charge < -0.3 is 15.2 Å². The fourth-order valence-corrected chi connectivity index (χ4v) is 8.93. The van der Waals surface area contributed by atoms with Gasteiger partial charge in [0, 0.05) is 12.5 Å². The molecule has 0 bridgehead atoms. The Morgan fingerprint density at radius 1 is 1.16 bits per heavy atom. The first-order chi connectivity index (χ1) is 15.2. The molecule has 1 heterocycles. The predicted molar refractivity (Wildman–Crippen MR) is 122 cm³/mol. The highest BCUT2D eigenvalue weighted by Crippen LogP contribution is 2.70. The summed E-state index contributed by atoms with van der Waals surface area (Å²) in [7, 11) is 1.64. The standard InChI is InChI=1S/C27H37NO4/c1-16-14-21-25(2,11-10-22(29)28-21)19-8-12-26(3)20(23(16)19)9-13-27(26,24(30)31)17-6-5-7-18(15-17)32-4/h5-7,15-16,19-21,23H,8-14H2,1-4H3,(H,28,29)(H,30,31)/t16?,19-,20+,21?,23-,25-,26+,27?/m1/s1. The number of carbonyl (C=O) groups is 2. The fourth-order valence-electron chi connectivity index (χ4n) is 8.93. The van der Waals surface area contributed by atoms with Crippen molar-refractivity contribution in [3.05, 3.63) is 29.8 Å². The number of aliphatic carboxylic acids is 1. The van der Waals surface area contributed by atoms with E-state index in [0.717, 1.165) is 43.4 Å². The van der Waals surface area contributed by atoms with Crippen molar-refractivity contribution < 1.29 is 19.4 Å². The van der Waals surface area contributed by atoms with E-state index < -0.39 is 11.4 Å². The molecule has 1 aromatic carbocycles. The van der Waals surface area contributed by atoms with E-state index >= 15 is 0 Å². The third kappa shape index (κ3) is 2.69. The van der Waals surface area contributed by atoms with Crippen molar-refractivity contribution in [3.63, 3.8) is 0 Å². The highest BCUT2D eigenvalue weighted by Gasteiger charge is 2.69. The van der Waals surface area contributed by atoms with Gasteiger partial charge in [-0.25, -0.2) is 0 Å². The molecule has 1 aliphatic heterocycles. The summed E-state index contributed by atoms with van der Waals surface area (Å²) in [5.41, 5.74) is -0.154. The normalized spacial score (nSPS) is 45.2. The molecule has 3 unspecified atom stereocenters. The van der Waals surface area contributed by atoms with Crippen LogP contribution in [0, 0.1) is 34.5 Å². The molecule has 4 aliphatic rings. The zero-order chi connectivity index (χ0) is 22.9. The maximum absolute atomic E-state index is 13.1. The van der Waals surface area contributed by atoms with Crippen LogP contribution in [0.4, 0.5) is 0 Å². The molecule has 0 spiro atoms. The maximum Gasteiger partial charge on any atom is 0.314 e. The van der Waals surface area contributed by atoms with E-state index in [0.29, 0.717) is 36.5 Å². The zero-order valence-corrected chi connectivity index (χ0v) is 19.8. The van der Waals surface area contributed by atoms with Crippen LogP contribution in [0.2, 0.25) is 0 Å². The van der Waals surface area contributed by atoms with Crippen LogP contribution in [-0.2, 0) is 15.0 Å². The molecule has 5 rings (SSSR count). The first kappa shape index (κ1) is 21.8. The quantitative estimate of drug-likeness (QED) is 0.710. The second-order valence-electron chi connectivity index (χ2n) is 11.6. The molecule has 32 heavy (non-hydrogen) atoms. The molecule has 1 amide bonds. The van der Waals surface area contributed by atoms with Crippen LogP contribution in [0.1, 0.15) is 71.3 Å². The first-order valence-corrected chi connectivity index (χ1v) is 12.3. The van der Waals surface area contributed by atoms with Crippen molar-refractivity contribution in [2.24, 2.45) is 34.5 Å². The largest absolute Gasteiger partial charge is 0.497 e. The number of carboxylic acid groups (broad SMARTS) is 1. The summed E-state index contributed by atoms with van der Waals surface area (Å²) in [6.07, 6.45) is 6.20. The van der Waals surface area contributed by atoms with E-state index in [9.17, 15) is 14.7 Å². The lowest BCUT2D eigenvalue weighted by atomic mass is 9.43. The van der Waals surface area contributed by atoms with Crippen molar-refractivity contribution in [2.45, 2.75) is 77.2 Å². The lowest BCUT2D eigenvalue weighted by molar-refractivity contribution is -0.161. The average Bonchev–Trinajstić information content (AvgIpc) is 3.09. The van der Waals surface area contributed by atoms with Crippen LogP contribution in [0.25, 0.3) is 0 Å². The van der Waals surface area contributed by atoms with Crippen LogP contribution in [0.15, 0.2) is 24.3 Å². The first-order valence-electron chi connectivity index (χ1n) is 12.3. The molecule has 0 aromatic heterocycles. The van der Waals surface area contributed by atoms with E-state index in [1.807, 2.05) is 24.3 Å². The summed E-state index contributed by atoms with van der Waals surface area (Å²) < 4.78 is 5.46. The molecule has 0 radical (unpaired) electrons. The second kappa shape index (κ2) is 7.23. The number of rotatable bonds is 3. The summed E-state index contributed by atoms with van der Waals surface area (Å²) >= 11 is 0. The molecular weight excluding hydrogens is 402 g/mol. The van der Waals surface area contributed by atoms with Crippen molar-refractivity contribution in [3.8, 4) is 5.75 Å². The van der Waals surface area contributed by atoms with Crippen LogP contribution < -0.4 is 10.1 Å². The van der Waals surface area contributed by atoms with Gasteiger partial charge in [0.05, 0.1) is 12.5 Å². The van der Waals surface area contributed by atoms with Gasteiger partial charge in [-0.15, -0.1) is 0 Å². The number of amides is 1. The highest BCUT2D eigenvalue weighted by molar-refractivity contribution is 5.84. The van der Waals surface area contributed by atoms with Crippen LogP contribution >= 0.6 is 0 Å². The van der Waals surface area contributed by atoms with Gasteiger partial charge in [0.25, 0.3) is 0 Å². The fraction of sp³-hybridized carbons (Fsp3) is 0.704. The lowest BCUT2D eigenvalue weighted by Crippen LogP contribution is -2.64. The minimum atomic E-state index is -0.880. The van der Waals surface area contributed by atoms with Gasteiger partial charge in [0.1, 0.15) is 5.75 Å². The molecule has 3 saturated carbocycles. The maximum atomic E-state index is 13.1. The average molecular weight is 440 g/mol. The molecule has 8 atom stereocenters. The van der Waals surface area contributed by atoms with E-state index in [1.165, 1.54) is 0 Å². The van der Waals surface area contributed by atoms with Crippen molar-refractivity contribution in [2.75, 3.05) is 7.11 Å². The van der Waals surface area contributed by atoms with Crippen LogP contribution in [-0.4, -0.2) is 30.1 Å². The number of ether oxygens (including phenoxy) is 1. The van der Waals surface area contributed by atoms with E-state index in [4.69, 9.17) is 4.74 Å². The van der Waals surface area contributed by atoms with Gasteiger partial charge in [-0.2, -0.15) is 0 Å². The van der Waals surface area contributed by atoms with E-state index in [-0.39, 0.29) is 22.8 Å². The minimum Gasteiger partial charge on any atom is -0.497 e. The third-order valence-corrected chi connectivity index (χ3v) is 10.6. The van der Waals surface area contributed by atoms with E-state index in [2.05, 4.69) is 26.1 Å². The minimum absolute atomic E-state index is 0.122. The Bertz CT molecular complexity index is 945. The topological polar surface area (TPSA) is 75.6 Å². The number of hydrogen-bond donors (Lipinski definition) is 2. The molecule has 4 fully saturated rings. The summed E-state index contributed by atoms with van der Waals surface area (Å²) in [6, 6.07) is 8.03. The SMILES string of the molecule is COc1cccc(C2(C(=O)O)CC[C@H]3[C@@H]4C(C)CC5NC(=O)CC[C@]5(C)[C@@H]4CC[C@@]32C)c1. The molecule has 3 aliphatic carbocycles. The van der Waals surface area contributed by atoms with Crippen molar-refractivity contribution >= 4 is 11.9 Å². The van der Waals surface area contributed by atoms with Gasteiger partial charge in [-0.3, -0.25) is 9.59 Å². The van der Waals surface area contributed by atoms with Crippen molar-refractivity contribution in [1.82, 2.24) is 5.32 Å². The monoisotopic (exact) mass is 439 g/mol. The number of fused-ring (bicyclic) bond motifs is 5. The Hall–Kier alpha value is -2.04. The molecule has 5 heteroatoms. The Balaban J connectivity index is 1.56. The Labute approximate surface area is 191 Å². The number of nitrogens with one attached hydrogen (secondary N) is 1. The number of hydrogen-bond acceptors (Lipinski definition) is 3. The van der Waals surface area contributed by atoms with E-state index in [1.54, 1.807) is 7.11 Å². The van der Waals surface area contributed by atoms with Gasteiger partial charge in [-0.1, -0.05) is 32.9 Å². The highest BCUT2D eigenvalue weighted by atomic mass is 16.5. The number of methoxy groups -OCH3 is 1. The molecular formula is C27H37NO4. The van der Waals surface area contributed by atoms with Gasteiger partial charge in [-0.05, 0) is 90.7 Å². The molecule has 5 nitrogen and oxygen atoms in total. The number of carboxylic acids is 1. The summed E-state index contributed by atoms with van der Waals surface area (Å²) in [4.78, 5) is 25.2. The molecule has 1 aromatic rings. The molecule has 1 saturated heterocycles. The lowest BCUT2D eigenvalue weighted by Gasteiger charge is -2.63. The smallest absolute Gasteiger partial charge is 0.314 e. The van der Waals surface area contributed by atoms with Gasteiger partial charge >= 0.3 is 5.97 Å². The molecule has 174 valence electrons. The predicted octanol–water partition coefficient (Wildman–Crippen LogP) is 4.78. The molecule has 2 N–H and O–H groups in total. The Kier molecular flexibility index (Phi) is 4.92. The van der Waals surface area contributed by atoms with Crippen molar-refractivity contribution in [1.29, 1.82) is 0 Å². The summed E-state index contributed by atoms with van der Waals surface area (Å²) in [5.74, 6) is 2.16. The van der Waals surface area contributed by atoms with Crippen LogP contribution in [0.5, 0.6) is 5.75 Å². The van der Waals surface area contributed by atoms with Gasteiger partial charge in [0.2, 0.25) is 5.91 Å². The Morgan fingerprint density at radius 3 is 2.62 bits per heavy atom. The second-order valence-corrected chi connectivity index (χ2v) is 11.6. The number of piperidine rings is 1. The zero-order valence-electron chi connectivity index (χ0n) is 19.8. The summed E-state index contributed by atoms with van der Waals surface area (Å²) in [5, 5.41) is 14.0. The summed E-state index contributed by atoms with van der Waals surface area (Å²) in [6.45, 7) is 7.00.